The molecule has 4 rings (SSSR count). The zero-order chi connectivity index (χ0) is 22.1. The molecule has 0 aromatic heterocycles. The molecule has 0 spiro atoms. The SMILES string of the molecule is CN(C)CCN1C(=O)C(=O)/C(=C(/O)c2ccc3c(c2)OCCO3)[C@@H]1c1ccc(Br)cc1. The Hall–Kier alpha value is -2.84. The molecule has 1 amide bonds. The smallest absolute Gasteiger partial charge is 0.295 e. The van der Waals surface area contributed by atoms with E-state index >= 15 is 0 Å². The second-order valence-electron chi connectivity index (χ2n) is 7.71. The molecule has 0 radical (unpaired) electrons. The number of benzene rings is 2. The molecule has 162 valence electrons. The number of likely N-dealkylation sites (N-methyl/N-ethyl adjacent to an activating group) is 1. The highest BCUT2D eigenvalue weighted by molar-refractivity contribution is 9.10. The normalized spacial score (nSPS) is 19.9. The molecule has 1 saturated heterocycles. The number of nitrogens with zero attached hydrogens (tertiary/aromatic N) is 2. The maximum Gasteiger partial charge on any atom is 0.295 e. The van der Waals surface area contributed by atoms with Crippen molar-refractivity contribution in [3.63, 3.8) is 0 Å². The molecule has 8 heteroatoms. The molecular weight excluding hydrogens is 464 g/mol. The summed E-state index contributed by atoms with van der Waals surface area (Å²) in [6, 6.07) is 11.7. The van der Waals surface area contributed by atoms with Gasteiger partial charge < -0.3 is 24.4 Å². The van der Waals surface area contributed by atoms with Gasteiger partial charge in [-0.25, -0.2) is 0 Å². The number of rotatable bonds is 5. The molecule has 2 heterocycles. The van der Waals surface area contributed by atoms with Gasteiger partial charge in [0.15, 0.2) is 11.5 Å². The molecule has 7 nitrogen and oxygen atoms in total. The van der Waals surface area contributed by atoms with Crippen LogP contribution in [-0.4, -0.2) is 67.0 Å². The van der Waals surface area contributed by atoms with E-state index in [0.29, 0.717) is 43.4 Å². The highest BCUT2D eigenvalue weighted by atomic mass is 79.9. The minimum Gasteiger partial charge on any atom is -0.507 e. The third kappa shape index (κ3) is 4.18. The van der Waals surface area contributed by atoms with Crippen molar-refractivity contribution in [2.45, 2.75) is 6.04 Å². The number of carbonyl (C=O) groups is 2. The number of halogens is 1. The van der Waals surface area contributed by atoms with Crippen LogP contribution in [0.4, 0.5) is 0 Å². The molecule has 2 aliphatic rings. The number of Topliss-reactive ketones (excluding diaryl/α,β-unsaturated/α-hetero) is 1. The van der Waals surface area contributed by atoms with Crippen LogP contribution in [0.5, 0.6) is 11.5 Å². The van der Waals surface area contributed by atoms with Crippen molar-refractivity contribution >= 4 is 33.4 Å². The molecular formula is C23H23BrN2O5. The fourth-order valence-electron chi connectivity index (χ4n) is 3.76. The van der Waals surface area contributed by atoms with Gasteiger partial charge in [-0.3, -0.25) is 9.59 Å². The van der Waals surface area contributed by atoms with Gasteiger partial charge in [0, 0.05) is 23.1 Å². The van der Waals surface area contributed by atoms with Crippen LogP contribution in [0.15, 0.2) is 52.5 Å². The van der Waals surface area contributed by atoms with Crippen LogP contribution in [-0.2, 0) is 9.59 Å². The van der Waals surface area contributed by atoms with E-state index in [0.717, 1.165) is 10.0 Å². The Morgan fingerprint density at radius 1 is 1.10 bits per heavy atom. The third-order valence-corrected chi connectivity index (χ3v) is 5.86. The first-order valence-corrected chi connectivity index (χ1v) is 10.7. The second kappa shape index (κ2) is 8.72. The molecule has 2 aromatic carbocycles. The first-order chi connectivity index (χ1) is 14.9. The summed E-state index contributed by atoms with van der Waals surface area (Å²) in [4.78, 5) is 29.4. The molecule has 2 aromatic rings. The van der Waals surface area contributed by atoms with Crippen LogP contribution in [0.25, 0.3) is 5.76 Å². The maximum atomic E-state index is 13.0. The highest BCUT2D eigenvalue weighted by Crippen LogP contribution is 2.41. The Kier molecular flexibility index (Phi) is 6.02. The van der Waals surface area contributed by atoms with Crippen LogP contribution in [0.2, 0.25) is 0 Å². The van der Waals surface area contributed by atoms with E-state index in [1.165, 1.54) is 4.90 Å². The molecule has 0 aliphatic carbocycles. The Morgan fingerprint density at radius 2 is 1.77 bits per heavy atom. The van der Waals surface area contributed by atoms with Gasteiger partial charge in [-0.15, -0.1) is 0 Å². The Balaban J connectivity index is 1.81. The average Bonchev–Trinajstić information content (AvgIpc) is 3.02. The molecule has 1 fully saturated rings. The minimum atomic E-state index is -0.695. The number of hydrogen-bond donors (Lipinski definition) is 1. The fourth-order valence-corrected chi connectivity index (χ4v) is 4.02. The van der Waals surface area contributed by atoms with E-state index in [1.54, 1.807) is 18.2 Å². The van der Waals surface area contributed by atoms with E-state index in [1.807, 2.05) is 43.3 Å². The summed E-state index contributed by atoms with van der Waals surface area (Å²) in [7, 11) is 3.81. The number of carbonyl (C=O) groups excluding carboxylic acids is 2. The van der Waals surface area contributed by atoms with Crippen LogP contribution in [0, 0.1) is 0 Å². The average molecular weight is 487 g/mol. The van der Waals surface area contributed by atoms with Gasteiger partial charge in [0.05, 0.1) is 11.6 Å². The van der Waals surface area contributed by atoms with Crippen molar-refractivity contribution in [2.75, 3.05) is 40.4 Å². The summed E-state index contributed by atoms with van der Waals surface area (Å²) in [6.45, 7) is 1.81. The van der Waals surface area contributed by atoms with Crippen LogP contribution >= 0.6 is 15.9 Å². The quantitative estimate of drug-likeness (QED) is 0.397. The maximum absolute atomic E-state index is 13.0. The second-order valence-corrected chi connectivity index (χ2v) is 8.62. The molecule has 1 atom stereocenters. The lowest BCUT2D eigenvalue weighted by molar-refractivity contribution is -0.140. The van der Waals surface area contributed by atoms with Crippen molar-refractivity contribution in [2.24, 2.45) is 0 Å². The molecule has 31 heavy (non-hydrogen) atoms. The highest BCUT2D eigenvalue weighted by Gasteiger charge is 2.45. The zero-order valence-corrected chi connectivity index (χ0v) is 18.9. The number of aliphatic hydroxyl groups excluding tert-OH is 1. The lowest BCUT2D eigenvalue weighted by Crippen LogP contribution is -2.35. The van der Waals surface area contributed by atoms with Gasteiger partial charge in [-0.2, -0.15) is 0 Å². The number of fused-ring (bicyclic) bond motifs is 1. The van der Waals surface area contributed by atoms with Crippen molar-refractivity contribution in [1.82, 2.24) is 9.80 Å². The number of aliphatic hydroxyl groups is 1. The van der Waals surface area contributed by atoms with Crippen molar-refractivity contribution in [3.05, 3.63) is 63.6 Å². The summed E-state index contributed by atoms with van der Waals surface area (Å²) in [5.41, 5.74) is 1.22. The van der Waals surface area contributed by atoms with Crippen LogP contribution in [0.1, 0.15) is 17.2 Å². The van der Waals surface area contributed by atoms with E-state index < -0.39 is 17.7 Å². The Bertz CT molecular complexity index is 1050. The zero-order valence-electron chi connectivity index (χ0n) is 17.3. The van der Waals surface area contributed by atoms with E-state index in [4.69, 9.17) is 9.47 Å². The first kappa shape index (κ1) is 21.4. The lowest BCUT2D eigenvalue weighted by atomic mass is 9.95. The number of amides is 1. The van der Waals surface area contributed by atoms with Gasteiger partial charge >= 0.3 is 0 Å². The number of likely N-dealkylation sites (tertiary alicyclic amines) is 1. The molecule has 0 saturated carbocycles. The summed E-state index contributed by atoms with van der Waals surface area (Å²) in [5.74, 6) is -0.459. The summed E-state index contributed by atoms with van der Waals surface area (Å²) < 4.78 is 12.0. The largest absolute Gasteiger partial charge is 0.507 e. The number of ether oxygens (including phenoxy) is 2. The van der Waals surface area contributed by atoms with Gasteiger partial charge in [0.2, 0.25) is 0 Å². The van der Waals surface area contributed by atoms with Gasteiger partial charge in [-0.05, 0) is 50.0 Å². The van der Waals surface area contributed by atoms with Crippen molar-refractivity contribution in [1.29, 1.82) is 0 Å². The molecule has 0 bridgehead atoms. The van der Waals surface area contributed by atoms with Gasteiger partial charge in [-0.1, -0.05) is 28.1 Å². The molecule has 2 aliphatic heterocycles. The minimum absolute atomic E-state index is 0.0720. The lowest BCUT2D eigenvalue weighted by Gasteiger charge is -2.26. The summed E-state index contributed by atoms with van der Waals surface area (Å²) >= 11 is 3.42. The first-order valence-electron chi connectivity index (χ1n) is 9.95. The fraction of sp³-hybridized carbons (Fsp3) is 0.304. The van der Waals surface area contributed by atoms with E-state index in [9.17, 15) is 14.7 Å². The van der Waals surface area contributed by atoms with Gasteiger partial charge in [0.25, 0.3) is 11.7 Å². The summed E-state index contributed by atoms with van der Waals surface area (Å²) in [6.07, 6.45) is 0. The van der Waals surface area contributed by atoms with Crippen LogP contribution in [0.3, 0.4) is 0 Å². The number of hydrogen-bond acceptors (Lipinski definition) is 6. The van der Waals surface area contributed by atoms with Gasteiger partial charge in [0.1, 0.15) is 19.0 Å². The third-order valence-electron chi connectivity index (χ3n) is 5.33. The van der Waals surface area contributed by atoms with Crippen LogP contribution < -0.4 is 9.47 Å². The number of ketones is 1. The predicted octanol–water partition coefficient (Wildman–Crippen LogP) is 3.20. The summed E-state index contributed by atoms with van der Waals surface area (Å²) in [5, 5.41) is 11.2. The van der Waals surface area contributed by atoms with Crippen molar-refractivity contribution < 1.29 is 24.2 Å². The van der Waals surface area contributed by atoms with E-state index in [-0.39, 0.29) is 11.3 Å². The van der Waals surface area contributed by atoms with E-state index in [2.05, 4.69) is 15.9 Å². The predicted molar refractivity (Wildman–Crippen MR) is 119 cm³/mol. The molecule has 1 N–H and O–H groups in total. The Morgan fingerprint density at radius 3 is 2.45 bits per heavy atom. The topological polar surface area (TPSA) is 79.3 Å². The monoisotopic (exact) mass is 486 g/mol. The Labute approximate surface area is 189 Å². The molecule has 0 unspecified atom stereocenters. The van der Waals surface area contributed by atoms with Crippen molar-refractivity contribution in [3.8, 4) is 11.5 Å². The standard InChI is InChI=1S/C23H23BrN2O5/c1-25(2)9-10-26-20(14-3-6-16(24)7-4-14)19(22(28)23(26)29)21(27)15-5-8-17-18(13-15)31-12-11-30-17/h3-8,13,20,27H,9-12H2,1-2H3/b21-19+/t20-/m0/s1.